The molecule has 0 aliphatic carbocycles. The molecule has 3 N–H and O–H groups in total. The largest absolute Gasteiger partial charge is 0.490 e. The molecule has 1 aliphatic heterocycles. The van der Waals surface area contributed by atoms with E-state index < -0.39 is 6.04 Å². The SMILES string of the molecule is CC(C)NC(=O)N(C)C[C@H]1OCCCC[C@@H](C)Oc2ccc(NC(=O)c3ccccc3)cc2C(=O)N([C@H](C)CO)C[C@H]1C. The first kappa shape index (κ1) is 33.9. The number of ether oxygens (including phenoxy) is 2. The summed E-state index contributed by atoms with van der Waals surface area (Å²) in [6, 6.07) is 13.3. The third-order valence-corrected chi connectivity index (χ3v) is 7.56. The van der Waals surface area contributed by atoms with Gasteiger partial charge in [-0.05, 0) is 77.3 Å². The van der Waals surface area contributed by atoms with Gasteiger partial charge in [0.25, 0.3) is 11.8 Å². The van der Waals surface area contributed by atoms with Gasteiger partial charge in [-0.2, -0.15) is 0 Å². The summed E-state index contributed by atoms with van der Waals surface area (Å²) in [6.07, 6.45) is 1.96. The Hall–Kier alpha value is -3.63. The van der Waals surface area contributed by atoms with Crippen molar-refractivity contribution in [3.05, 3.63) is 59.7 Å². The number of benzene rings is 2. The van der Waals surface area contributed by atoms with Gasteiger partial charge in [0.2, 0.25) is 0 Å². The lowest BCUT2D eigenvalue weighted by molar-refractivity contribution is -0.0122. The van der Waals surface area contributed by atoms with Gasteiger partial charge in [-0.1, -0.05) is 25.1 Å². The highest BCUT2D eigenvalue weighted by Crippen LogP contribution is 2.29. The number of nitrogens with one attached hydrogen (secondary N) is 2. The first-order chi connectivity index (χ1) is 20.5. The number of hydrogen-bond donors (Lipinski definition) is 3. The van der Waals surface area contributed by atoms with Crippen molar-refractivity contribution in [1.82, 2.24) is 15.1 Å². The Morgan fingerprint density at radius 3 is 2.49 bits per heavy atom. The molecule has 1 aliphatic rings. The van der Waals surface area contributed by atoms with E-state index in [1.54, 1.807) is 66.2 Å². The highest BCUT2D eigenvalue weighted by molar-refractivity contribution is 6.05. The maximum absolute atomic E-state index is 14.2. The number of carbonyl (C=O) groups is 3. The van der Waals surface area contributed by atoms with Gasteiger partial charge in [-0.25, -0.2) is 4.79 Å². The minimum Gasteiger partial charge on any atom is -0.490 e. The first-order valence-electron chi connectivity index (χ1n) is 15.2. The Morgan fingerprint density at radius 1 is 1.09 bits per heavy atom. The Balaban J connectivity index is 1.94. The number of fused-ring (bicyclic) bond motifs is 1. The number of aliphatic hydroxyl groups is 1. The van der Waals surface area contributed by atoms with Crippen LogP contribution in [0.1, 0.15) is 74.6 Å². The second kappa shape index (κ2) is 16.3. The van der Waals surface area contributed by atoms with Gasteiger partial charge in [0.1, 0.15) is 5.75 Å². The van der Waals surface area contributed by atoms with E-state index in [-0.39, 0.29) is 55.2 Å². The number of amides is 4. The van der Waals surface area contributed by atoms with Crippen molar-refractivity contribution >= 4 is 23.5 Å². The highest BCUT2D eigenvalue weighted by atomic mass is 16.5. The molecule has 0 spiro atoms. The van der Waals surface area contributed by atoms with Crippen molar-refractivity contribution in [2.24, 2.45) is 5.92 Å². The number of rotatable bonds is 7. The van der Waals surface area contributed by atoms with Gasteiger partial charge < -0.3 is 35.0 Å². The lowest BCUT2D eigenvalue weighted by Crippen LogP contribution is -2.49. The van der Waals surface area contributed by atoms with Gasteiger partial charge in [0.15, 0.2) is 0 Å². The summed E-state index contributed by atoms with van der Waals surface area (Å²) >= 11 is 0. The van der Waals surface area contributed by atoms with Gasteiger partial charge in [0.05, 0.1) is 30.4 Å². The predicted molar refractivity (Wildman–Crippen MR) is 168 cm³/mol. The Kier molecular flexibility index (Phi) is 12.8. The monoisotopic (exact) mass is 596 g/mol. The Morgan fingerprint density at radius 2 is 1.81 bits per heavy atom. The van der Waals surface area contributed by atoms with E-state index in [1.165, 1.54) is 0 Å². The molecule has 0 saturated heterocycles. The fourth-order valence-electron chi connectivity index (χ4n) is 4.97. The number of aliphatic hydroxyl groups excluding tert-OH is 1. The lowest BCUT2D eigenvalue weighted by Gasteiger charge is -2.36. The van der Waals surface area contributed by atoms with E-state index in [1.807, 2.05) is 33.8 Å². The maximum atomic E-state index is 14.2. The molecule has 0 radical (unpaired) electrons. The number of nitrogens with zero attached hydrogens (tertiary/aromatic N) is 2. The fourth-order valence-corrected chi connectivity index (χ4v) is 4.97. The Labute approximate surface area is 255 Å². The zero-order valence-corrected chi connectivity index (χ0v) is 26.3. The lowest BCUT2D eigenvalue weighted by atomic mass is 10.0. The zero-order chi connectivity index (χ0) is 31.5. The predicted octanol–water partition coefficient (Wildman–Crippen LogP) is 4.78. The Bertz CT molecular complexity index is 1210. The average Bonchev–Trinajstić information content (AvgIpc) is 2.98. The van der Waals surface area contributed by atoms with Crippen molar-refractivity contribution in [3.63, 3.8) is 0 Å². The number of carbonyl (C=O) groups excluding carboxylic acids is 3. The smallest absolute Gasteiger partial charge is 0.317 e. The van der Waals surface area contributed by atoms with E-state index in [0.717, 1.165) is 19.3 Å². The molecule has 0 unspecified atom stereocenters. The van der Waals surface area contributed by atoms with E-state index in [4.69, 9.17) is 9.47 Å². The molecule has 3 rings (SSSR count). The maximum Gasteiger partial charge on any atom is 0.317 e. The first-order valence-corrected chi connectivity index (χ1v) is 15.2. The summed E-state index contributed by atoms with van der Waals surface area (Å²) in [7, 11) is 1.74. The minimum absolute atomic E-state index is 0.00227. The zero-order valence-electron chi connectivity index (χ0n) is 26.3. The molecular weight excluding hydrogens is 548 g/mol. The van der Waals surface area contributed by atoms with Crippen molar-refractivity contribution in [2.75, 3.05) is 38.7 Å². The highest BCUT2D eigenvalue weighted by Gasteiger charge is 2.31. The van der Waals surface area contributed by atoms with Crippen molar-refractivity contribution in [2.45, 2.75) is 78.2 Å². The standard InChI is InChI=1S/C33H48N4O6/c1-22(2)34-33(41)36(6)20-30-23(3)19-37(24(4)21-38)32(40)28-18-27(35-31(39)26-13-8-7-9-14-26)15-16-29(28)43-25(5)12-10-11-17-42-30/h7-9,13-16,18,22-25,30,38H,10-12,17,19-21H2,1-6H3,(H,34,41)(H,35,39)/t23-,24-,25-,30-/m1/s1. The third-order valence-electron chi connectivity index (χ3n) is 7.56. The molecule has 2 aromatic rings. The van der Waals surface area contributed by atoms with Crippen molar-refractivity contribution < 1.29 is 29.0 Å². The number of urea groups is 1. The van der Waals surface area contributed by atoms with Crippen LogP contribution in [0.2, 0.25) is 0 Å². The van der Waals surface area contributed by atoms with Crippen LogP contribution in [0.4, 0.5) is 10.5 Å². The molecule has 0 fully saturated rings. The molecular formula is C33H48N4O6. The minimum atomic E-state index is -0.502. The molecule has 0 aromatic heterocycles. The van der Waals surface area contributed by atoms with E-state index in [0.29, 0.717) is 35.7 Å². The van der Waals surface area contributed by atoms with Crippen LogP contribution in [0.5, 0.6) is 5.75 Å². The van der Waals surface area contributed by atoms with Crippen LogP contribution in [0.25, 0.3) is 0 Å². The van der Waals surface area contributed by atoms with Crippen LogP contribution in [0.3, 0.4) is 0 Å². The summed E-state index contributed by atoms with van der Waals surface area (Å²) in [6.45, 7) is 10.5. The van der Waals surface area contributed by atoms with Crippen LogP contribution >= 0.6 is 0 Å². The van der Waals surface area contributed by atoms with Gasteiger partial charge in [-0.15, -0.1) is 0 Å². The molecule has 10 heteroatoms. The summed E-state index contributed by atoms with van der Waals surface area (Å²) in [5.74, 6) is -0.358. The number of likely N-dealkylation sites (N-methyl/N-ethyl adjacent to an activating group) is 1. The molecule has 0 saturated carbocycles. The molecule has 10 nitrogen and oxygen atoms in total. The fraction of sp³-hybridized carbons (Fsp3) is 0.545. The molecule has 1 heterocycles. The van der Waals surface area contributed by atoms with Crippen LogP contribution in [0.15, 0.2) is 48.5 Å². The summed E-state index contributed by atoms with van der Waals surface area (Å²) in [5, 5.41) is 15.9. The summed E-state index contributed by atoms with van der Waals surface area (Å²) < 4.78 is 12.6. The van der Waals surface area contributed by atoms with E-state index in [2.05, 4.69) is 10.6 Å². The van der Waals surface area contributed by atoms with Crippen LogP contribution in [-0.2, 0) is 4.74 Å². The second-order valence-electron chi connectivity index (χ2n) is 11.8. The second-order valence-corrected chi connectivity index (χ2v) is 11.8. The molecule has 43 heavy (non-hydrogen) atoms. The average molecular weight is 597 g/mol. The molecule has 236 valence electrons. The van der Waals surface area contributed by atoms with E-state index in [9.17, 15) is 19.5 Å². The summed E-state index contributed by atoms with van der Waals surface area (Å²) in [5.41, 5.74) is 1.26. The normalized spacial score (nSPS) is 20.8. The van der Waals surface area contributed by atoms with Crippen molar-refractivity contribution in [1.29, 1.82) is 0 Å². The van der Waals surface area contributed by atoms with Crippen molar-refractivity contribution in [3.8, 4) is 5.75 Å². The van der Waals surface area contributed by atoms with Gasteiger partial charge in [0, 0.05) is 50.0 Å². The van der Waals surface area contributed by atoms with Gasteiger partial charge >= 0.3 is 6.03 Å². The molecule has 4 amide bonds. The van der Waals surface area contributed by atoms with Crippen LogP contribution < -0.4 is 15.4 Å². The summed E-state index contributed by atoms with van der Waals surface area (Å²) in [4.78, 5) is 43.0. The number of anilines is 1. The molecule has 2 aromatic carbocycles. The topological polar surface area (TPSA) is 120 Å². The molecule has 0 bridgehead atoms. The quantitative estimate of drug-likeness (QED) is 0.423. The van der Waals surface area contributed by atoms with Crippen LogP contribution in [0, 0.1) is 5.92 Å². The van der Waals surface area contributed by atoms with Crippen LogP contribution in [-0.4, -0.2) is 90.4 Å². The molecule has 4 atom stereocenters. The van der Waals surface area contributed by atoms with Gasteiger partial charge in [-0.3, -0.25) is 9.59 Å². The third kappa shape index (κ3) is 9.96. The van der Waals surface area contributed by atoms with E-state index >= 15 is 0 Å². The number of hydrogen-bond acceptors (Lipinski definition) is 6.